The van der Waals surface area contributed by atoms with Gasteiger partial charge < -0.3 is 10.6 Å². The maximum atomic E-state index is 12.5. The van der Waals surface area contributed by atoms with Crippen LogP contribution in [-0.2, 0) is 11.3 Å². The van der Waals surface area contributed by atoms with Gasteiger partial charge in [-0.2, -0.15) is 0 Å². The van der Waals surface area contributed by atoms with Crippen LogP contribution in [0.25, 0.3) is 0 Å². The number of nitrogens with two attached hydrogens (primary N) is 1. The molecule has 2 fully saturated rings. The van der Waals surface area contributed by atoms with Gasteiger partial charge in [0, 0.05) is 51.5 Å². The number of carbonyl (C=O) groups is 1. The average molecular weight is 403 g/mol. The van der Waals surface area contributed by atoms with E-state index in [0.717, 1.165) is 51.5 Å². The van der Waals surface area contributed by atoms with Crippen molar-refractivity contribution in [2.75, 3.05) is 51.5 Å². The van der Waals surface area contributed by atoms with Crippen LogP contribution >= 0.6 is 24.8 Å². The summed E-state index contributed by atoms with van der Waals surface area (Å²) in [5.41, 5.74) is 7.95. The Labute approximate surface area is 169 Å². The Hall–Kier alpha value is -1.01. The fourth-order valence-corrected chi connectivity index (χ4v) is 3.67. The van der Waals surface area contributed by atoms with Crippen LogP contribution in [0.1, 0.15) is 31.2 Å². The predicted molar refractivity (Wildman–Crippen MR) is 112 cm³/mol. The first kappa shape index (κ1) is 23.0. The molecule has 1 aromatic rings. The summed E-state index contributed by atoms with van der Waals surface area (Å²) in [7, 11) is 0. The van der Waals surface area contributed by atoms with Gasteiger partial charge in [-0.1, -0.05) is 25.0 Å². The number of amides is 1. The molecule has 0 saturated carbocycles. The first-order valence-electron chi connectivity index (χ1n) is 9.27. The van der Waals surface area contributed by atoms with Crippen molar-refractivity contribution in [2.24, 2.45) is 0 Å². The second-order valence-corrected chi connectivity index (χ2v) is 7.09. The highest BCUT2D eigenvalue weighted by Crippen LogP contribution is 2.13. The summed E-state index contributed by atoms with van der Waals surface area (Å²) in [4.78, 5) is 19.3. The zero-order valence-corrected chi connectivity index (χ0v) is 17.1. The molecule has 2 heterocycles. The molecule has 0 bridgehead atoms. The molecule has 1 aromatic carbocycles. The minimum Gasteiger partial charge on any atom is -0.399 e. The van der Waals surface area contributed by atoms with Crippen molar-refractivity contribution in [3.8, 4) is 0 Å². The van der Waals surface area contributed by atoms with Crippen LogP contribution in [0.15, 0.2) is 24.3 Å². The van der Waals surface area contributed by atoms with Crippen LogP contribution in [0.2, 0.25) is 0 Å². The molecule has 1 amide bonds. The Morgan fingerprint density at radius 1 is 0.885 bits per heavy atom. The molecule has 5 nitrogen and oxygen atoms in total. The molecule has 2 saturated heterocycles. The minimum atomic E-state index is 0. The summed E-state index contributed by atoms with van der Waals surface area (Å²) in [5, 5.41) is 0. The Bertz CT molecular complexity index is 542. The first-order valence-corrected chi connectivity index (χ1v) is 9.27. The van der Waals surface area contributed by atoms with E-state index in [1.807, 2.05) is 12.1 Å². The molecule has 0 aliphatic carbocycles. The van der Waals surface area contributed by atoms with E-state index in [-0.39, 0.29) is 24.8 Å². The van der Waals surface area contributed by atoms with Crippen LogP contribution in [-0.4, -0.2) is 66.4 Å². The molecule has 0 spiro atoms. The van der Waals surface area contributed by atoms with Gasteiger partial charge >= 0.3 is 0 Å². The van der Waals surface area contributed by atoms with Crippen LogP contribution in [0, 0.1) is 0 Å². The van der Waals surface area contributed by atoms with E-state index < -0.39 is 0 Å². The summed E-state index contributed by atoms with van der Waals surface area (Å²) in [6.07, 6.45) is 4.87. The molecule has 0 aromatic heterocycles. The maximum Gasteiger partial charge on any atom is 0.236 e. The fraction of sp³-hybridized carbons (Fsp3) is 0.632. The number of likely N-dealkylation sites (tertiary alicyclic amines) is 1. The second-order valence-electron chi connectivity index (χ2n) is 7.09. The zero-order chi connectivity index (χ0) is 16.8. The Kier molecular flexibility index (Phi) is 10.3. The van der Waals surface area contributed by atoms with Gasteiger partial charge in [-0.3, -0.25) is 14.6 Å². The van der Waals surface area contributed by atoms with Crippen molar-refractivity contribution in [2.45, 2.75) is 32.2 Å². The largest absolute Gasteiger partial charge is 0.399 e. The number of nitrogen functional groups attached to an aromatic ring is 1. The van der Waals surface area contributed by atoms with Crippen LogP contribution in [0.3, 0.4) is 0 Å². The van der Waals surface area contributed by atoms with E-state index in [4.69, 9.17) is 5.73 Å². The lowest BCUT2D eigenvalue weighted by molar-refractivity contribution is -0.132. The number of carbonyl (C=O) groups excluding carboxylic acids is 1. The maximum absolute atomic E-state index is 12.5. The van der Waals surface area contributed by atoms with Crippen LogP contribution in [0.4, 0.5) is 5.69 Å². The number of nitrogens with zero attached hydrogens (tertiary/aromatic N) is 3. The first-order chi connectivity index (χ1) is 11.7. The van der Waals surface area contributed by atoms with E-state index >= 15 is 0 Å². The van der Waals surface area contributed by atoms with Gasteiger partial charge in [0.2, 0.25) is 5.91 Å². The lowest BCUT2D eigenvalue weighted by atomic mass is 10.2. The number of benzene rings is 1. The van der Waals surface area contributed by atoms with Crippen LogP contribution in [0.5, 0.6) is 0 Å². The van der Waals surface area contributed by atoms with Crippen molar-refractivity contribution in [3.63, 3.8) is 0 Å². The van der Waals surface area contributed by atoms with Crippen molar-refractivity contribution in [3.05, 3.63) is 29.8 Å². The molecular formula is C19H32Cl2N4O. The van der Waals surface area contributed by atoms with Gasteiger partial charge in [-0.05, 0) is 30.5 Å². The Morgan fingerprint density at radius 3 is 2.12 bits per heavy atom. The standard InChI is InChI=1S/C19H30N4O.2ClH/c20-18-7-5-6-17(14-18)15-21-10-12-22(13-11-21)16-19(24)23-8-3-1-2-4-9-23;;/h5-7,14H,1-4,8-13,15-16,20H2;2*1H. The Balaban J connectivity index is 0.00000169. The average Bonchev–Trinajstić information content (AvgIpc) is 2.86. The zero-order valence-electron chi connectivity index (χ0n) is 15.4. The van der Waals surface area contributed by atoms with Gasteiger partial charge in [-0.25, -0.2) is 0 Å². The number of hydrogen-bond acceptors (Lipinski definition) is 4. The molecule has 0 unspecified atom stereocenters. The summed E-state index contributed by atoms with van der Waals surface area (Å²) >= 11 is 0. The van der Waals surface area contributed by atoms with Crippen LogP contribution < -0.4 is 5.73 Å². The number of anilines is 1. The highest BCUT2D eigenvalue weighted by atomic mass is 35.5. The molecule has 0 radical (unpaired) electrons. The molecular weight excluding hydrogens is 371 g/mol. The van der Waals surface area contributed by atoms with E-state index in [0.29, 0.717) is 12.5 Å². The van der Waals surface area contributed by atoms with Gasteiger partial charge in [0.25, 0.3) is 0 Å². The van der Waals surface area contributed by atoms with E-state index in [1.54, 1.807) is 0 Å². The minimum absolute atomic E-state index is 0. The smallest absolute Gasteiger partial charge is 0.236 e. The molecule has 26 heavy (non-hydrogen) atoms. The molecule has 148 valence electrons. The summed E-state index contributed by atoms with van der Waals surface area (Å²) in [6.45, 7) is 7.42. The lowest BCUT2D eigenvalue weighted by Crippen LogP contribution is -2.49. The number of hydrogen-bond donors (Lipinski definition) is 1. The van der Waals surface area contributed by atoms with Gasteiger partial charge in [0.15, 0.2) is 0 Å². The van der Waals surface area contributed by atoms with Gasteiger partial charge in [-0.15, -0.1) is 24.8 Å². The SMILES string of the molecule is Cl.Cl.Nc1cccc(CN2CCN(CC(=O)N3CCCCCC3)CC2)c1. The predicted octanol–water partition coefficient (Wildman–Crippen LogP) is 2.63. The van der Waals surface area contributed by atoms with Gasteiger partial charge in [0.1, 0.15) is 0 Å². The third-order valence-electron chi connectivity index (χ3n) is 5.14. The van der Waals surface area contributed by atoms with Gasteiger partial charge in [0.05, 0.1) is 6.54 Å². The molecule has 0 atom stereocenters. The summed E-state index contributed by atoms with van der Waals surface area (Å²) in [6, 6.07) is 8.12. The lowest BCUT2D eigenvalue weighted by Gasteiger charge is -2.35. The normalized spacial score (nSPS) is 19.2. The summed E-state index contributed by atoms with van der Waals surface area (Å²) in [5.74, 6) is 0.321. The molecule has 7 heteroatoms. The topological polar surface area (TPSA) is 52.8 Å². The highest BCUT2D eigenvalue weighted by molar-refractivity contribution is 5.85. The van der Waals surface area contributed by atoms with Crippen molar-refractivity contribution in [1.82, 2.24) is 14.7 Å². The molecule has 2 aliphatic rings. The fourth-order valence-electron chi connectivity index (χ4n) is 3.67. The summed E-state index contributed by atoms with van der Waals surface area (Å²) < 4.78 is 0. The number of piperazine rings is 1. The van der Waals surface area contributed by atoms with E-state index in [1.165, 1.54) is 31.2 Å². The quantitative estimate of drug-likeness (QED) is 0.786. The monoisotopic (exact) mass is 402 g/mol. The second kappa shape index (κ2) is 11.7. The third-order valence-corrected chi connectivity index (χ3v) is 5.14. The molecule has 2 aliphatic heterocycles. The van der Waals surface area contributed by atoms with Crippen molar-refractivity contribution in [1.29, 1.82) is 0 Å². The van der Waals surface area contributed by atoms with Crippen molar-refractivity contribution < 1.29 is 4.79 Å². The third kappa shape index (κ3) is 6.95. The van der Waals surface area contributed by atoms with E-state index in [9.17, 15) is 4.79 Å². The molecule has 2 N–H and O–H groups in total. The highest BCUT2D eigenvalue weighted by Gasteiger charge is 2.22. The number of halogens is 2. The van der Waals surface area contributed by atoms with E-state index in [2.05, 4.69) is 26.8 Å². The number of rotatable bonds is 4. The molecule has 3 rings (SSSR count). The van der Waals surface area contributed by atoms with Crippen molar-refractivity contribution >= 4 is 36.4 Å². The Morgan fingerprint density at radius 2 is 1.50 bits per heavy atom.